The molecule has 0 spiro atoms. The third kappa shape index (κ3) is 7.91. The molecule has 0 bridgehead atoms. The molecular weight excluding hydrogens is 344 g/mol. The first kappa shape index (κ1) is 21.5. The van der Waals surface area contributed by atoms with Gasteiger partial charge in [-0.05, 0) is 58.9 Å². The van der Waals surface area contributed by atoms with Crippen LogP contribution in [0.15, 0.2) is 0 Å². The maximum absolute atomic E-state index is 6.43. The lowest BCUT2D eigenvalue weighted by molar-refractivity contribution is -0.149. The maximum atomic E-state index is 6.43. The molecule has 1 heterocycles. The van der Waals surface area contributed by atoms with E-state index >= 15 is 0 Å². The zero-order valence-corrected chi connectivity index (χ0v) is 19.6. The molecule has 0 amide bonds. The van der Waals surface area contributed by atoms with E-state index < -0.39 is 31.2 Å². The van der Waals surface area contributed by atoms with Crippen molar-refractivity contribution in [2.24, 2.45) is 0 Å². The molecule has 1 fully saturated rings. The van der Waals surface area contributed by atoms with Crippen LogP contribution in [0.25, 0.3) is 0 Å². The van der Waals surface area contributed by atoms with E-state index in [4.69, 9.17) is 22.8 Å². The van der Waals surface area contributed by atoms with Crippen LogP contribution in [0, 0.1) is 0 Å². The SMILES string of the molecule is CO[C@@H]1O[C@@H](CO[Si](C)(C)C)[C@@H](O[Si](C)(C)C)[C@H]1O[Si](C)(C)C. The van der Waals surface area contributed by atoms with Crippen molar-refractivity contribution in [2.45, 2.75) is 83.5 Å². The van der Waals surface area contributed by atoms with Gasteiger partial charge in [-0.1, -0.05) is 0 Å². The summed E-state index contributed by atoms with van der Waals surface area (Å²) < 4.78 is 30.5. The summed E-state index contributed by atoms with van der Waals surface area (Å²) in [6.07, 6.45) is -0.846. The molecular formula is C15H36O5Si3. The minimum absolute atomic E-state index is 0.130. The average molecular weight is 381 g/mol. The Morgan fingerprint density at radius 1 is 0.739 bits per heavy atom. The summed E-state index contributed by atoms with van der Waals surface area (Å²) in [5.74, 6) is 0. The quantitative estimate of drug-likeness (QED) is 0.602. The Hall–Kier alpha value is 0.451. The number of rotatable bonds is 8. The molecule has 0 aromatic carbocycles. The summed E-state index contributed by atoms with van der Waals surface area (Å²) in [5.41, 5.74) is 0. The standard InChI is InChI=1S/C15H36O5Si3/c1-16-15-14(20-23(8,9)10)13(19-22(5,6)7)12(18-15)11-17-21(2,3)4/h12-15H,11H2,1-10H3/t12-,13+,14+,15+/m0/s1. The average Bonchev–Trinajstić information content (AvgIpc) is 2.60. The van der Waals surface area contributed by atoms with Crippen LogP contribution in [0.3, 0.4) is 0 Å². The second-order valence-corrected chi connectivity index (χ2v) is 22.5. The molecule has 0 aromatic heterocycles. The lowest BCUT2D eigenvalue weighted by Crippen LogP contribution is -2.49. The van der Waals surface area contributed by atoms with Gasteiger partial charge in [0.05, 0.1) is 6.61 Å². The number of hydrogen-bond donors (Lipinski definition) is 0. The lowest BCUT2D eigenvalue weighted by Gasteiger charge is -2.34. The summed E-state index contributed by atoms with van der Waals surface area (Å²) >= 11 is 0. The Morgan fingerprint density at radius 3 is 1.61 bits per heavy atom. The van der Waals surface area contributed by atoms with E-state index in [0.717, 1.165) is 0 Å². The predicted molar refractivity (Wildman–Crippen MR) is 101 cm³/mol. The highest BCUT2D eigenvalue weighted by Crippen LogP contribution is 2.32. The van der Waals surface area contributed by atoms with Gasteiger partial charge in [-0.3, -0.25) is 0 Å². The molecule has 0 saturated carbocycles. The topological polar surface area (TPSA) is 46.2 Å². The summed E-state index contributed by atoms with van der Waals surface area (Å²) in [7, 11) is -3.43. The van der Waals surface area contributed by atoms with Gasteiger partial charge in [0, 0.05) is 7.11 Å². The Balaban J connectivity index is 2.95. The van der Waals surface area contributed by atoms with Gasteiger partial charge in [-0.15, -0.1) is 0 Å². The van der Waals surface area contributed by atoms with E-state index in [1.807, 2.05) is 0 Å². The molecule has 4 atom stereocenters. The smallest absolute Gasteiger partial charge is 0.185 e. The van der Waals surface area contributed by atoms with E-state index in [2.05, 4.69) is 58.9 Å². The van der Waals surface area contributed by atoms with E-state index in [9.17, 15) is 0 Å². The molecule has 0 radical (unpaired) electrons. The van der Waals surface area contributed by atoms with E-state index in [-0.39, 0.29) is 18.3 Å². The van der Waals surface area contributed by atoms with Crippen molar-refractivity contribution in [1.29, 1.82) is 0 Å². The Labute approximate surface area is 145 Å². The van der Waals surface area contributed by atoms with Crippen molar-refractivity contribution in [3.05, 3.63) is 0 Å². The molecule has 1 saturated heterocycles. The van der Waals surface area contributed by atoms with Gasteiger partial charge >= 0.3 is 0 Å². The summed E-state index contributed by atoms with van der Waals surface area (Å²) in [5, 5.41) is 0. The van der Waals surface area contributed by atoms with Crippen molar-refractivity contribution in [1.82, 2.24) is 0 Å². The first-order valence-corrected chi connectivity index (χ1v) is 18.6. The Kier molecular flexibility index (Phi) is 7.27. The van der Waals surface area contributed by atoms with Crippen LogP contribution in [0.2, 0.25) is 58.9 Å². The summed E-state index contributed by atoms with van der Waals surface area (Å²) in [6, 6.07) is 0. The Morgan fingerprint density at radius 2 is 1.22 bits per heavy atom. The van der Waals surface area contributed by atoms with Crippen molar-refractivity contribution < 1.29 is 22.8 Å². The van der Waals surface area contributed by atoms with Gasteiger partial charge in [0.25, 0.3) is 0 Å². The molecule has 5 nitrogen and oxygen atoms in total. The lowest BCUT2D eigenvalue weighted by atomic mass is 10.1. The van der Waals surface area contributed by atoms with Crippen LogP contribution in [-0.2, 0) is 22.8 Å². The summed E-state index contributed by atoms with van der Waals surface area (Å²) in [4.78, 5) is 0. The first-order chi connectivity index (χ1) is 10.2. The normalized spacial score (nSPS) is 30.0. The molecule has 0 unspecified atom stereocenters. The zero-order chi connectivity index (χ0) is 18.1. The molecule has 1 rings (SSSR count). The first-order valence-electron chi connectivity index (χ1n) is 8.40. The molecule has 23 heavy (non-hydrogen) atoms. The van der Waals surface area contributed by atoms with Crippen molar-refractivity contribution in [3.63, 3.8) is 0 Å². The number of hydrogen-bond acceptors (Lipinski definition) is 5. The van der Waals surface area contributed by atoms with Crippen LogP contribution in [-0.4, -0.2) is 63.3 Å². The maximum Gasteiger partial charge on any atom is 0.185 e. The molecule has 0 aliphatic carbocycles. The third-order valence-corrected chi connectivity index (χ3v) is 6.15. The second-order valence-electron chi connectivity index (χ2n) is 9.09. The molecule has 8 heteroatoms. The van der Waals surface area contributed by atoms with E-state index in [1.54, 1.807) is 7.11 Å². The van der Waals surface area contributed by atoms with Gasteiger partial charge in [0.15, 0.2) is 31.2 Å². The Bertz CT molecular complexity index is 373. The largest absolute Gasteiger partial charge is 0.415 e. The van der Waals surface area contributed by atoms with Crippen LogP contribution >= 0.6 is 0 Å². The minimum Gasteiger partial charge on any atom is -0.415 e. The highest BCUT2D eigenvalue weighted by molar-refractivity contribution is 6.70. The van der Waals surface area contributed by atoms with Gasteiger partial charge in [-0.25, -0.2) is 0 Å². The van der Waals surface area contributed by atoms with E-state index in [1.165, 1.54) is 0 Å². The van der Waals surface area contributed by atoms with Gasteiger partial charge in [-0.2, -0.15) is 0 Å². The number of ether oxygens (including phenoxy) is 2. The third-order valence-electron chi connectivity index (χ3n) is 3.16. The summed E-state index contributed by atoms with van der Waals surface area (Å²) in [6.45, 7) is 20.2. The van der Waals surface area contributed by atoms with Crippen LogP contribution < -0.4 is 0 Å². The number of methoxy groups -OCH3 is 1. The van der Waals surface area contributed by atoms with Gasteiger partial charge in [0.1, 0.15) is 18.3 Å². The van der Waals surface area contributed by atoms with Crippen LogP contribution in [0.5, 0.6) is 0 Å². The van der Waals surface area contributed by atoms with E-state index in [0.29, 0.717) is 6.61 Å². The molecule has 138 valence electrons. The fraction of sp³-hybridized carbons (Fsp3) is 1.00. The minimum atomic E-state index is -1.74. The van der Waals surface area contributed by atoms with Crippen molar-refractivity contribution in [2.75, 3.05) is 13.7 Å². The fourth-order valence-electron chi connectivity index (χ4n) is 2.43. The van der Waals surface area contributed by atoms with Crippen LogP contribution in [0.1, 0.15) is 0 Å². The van der Waals surface area contributed by atoms with Gasteiger partial charge < -0.3 is 22.8 Å². The van der Waals surface area contributed by atoms with Crippen LogP contribution in [0.4, 0.5) is 0 Å². The van der Waals surface area contributed by atoms with Crippen molar-refractivity contribution in [3.8, 4) is 0 Å². The zero-order valence-electron chi connectivity index (χ0n) is 16.6. The fourth-order valence-corrected chi connectivity index (χ4v) is 5.26. The molecule has 1 aliphatic heterocycles. The van der Waals surface area contributed by atoms with Gasteiger partial charge in [0.2, 0.25) is 0 Å². The van der Waals surface area contributed by atoms with Crippen molar-refractivity contribution >= 4 is 25.0 Å². The molecule has 1 aliphatic rings. The monoisotopic (exact) mass is 380 g/mol. The predicted octanol–water partition coefficient (Wildman–Crippen LogP) is 3.65. The molecule has 0 aromatic rings. The highest BCUT2D eigenvalue weighted by atomic mass is 28.4. The molecule has 0 N–H and O–H groups in total. The second kappa shape index (κ2) is 7.77. The highest BCUT2D eigenvalue weighted by Gasteiger charge is 2.49.